The van der Waals surface area contributed by atoms with Gasteiger partial charge < -0.3 is 21.9 Å². The second-order valence-electron chi connectivity index (χ2n) is 3.60. The maximum atomic E-state index is 11.0. The van der Waals surface area contributed by atoms with Crippen LogP contribution in [-0.2, 0) is 16.0 Å². The lowest BCUT2D eigenvalue weighted by atomic mass is 10.1. The number of benzene rings is 1. The smallest absolute Gasteiger partial charge is 0.320 e. The molecule has 0 aliphatic carbocycles. The number of carbonyl (C=O) groups excluding carboxylic acids is 1. The van der Waals surface area contributed by atoms with Crippen LogP contribution in [0.15, 0.2) is 24.3 Å². The Labute approximate surface area is 98.6 Å². The summed E-state index contributed by atoms with van der Waals surface area (Å²) in [5.74, 6) is -1.31. The molecule has 17 heavy (non-hydrogen) atoms. The van der Waals surface area contributed by atoms with Gasteiger partial charge in [0.2, 0.25) is 5.91 Å². The minimum atomic E-state index is -1.04. The van der Waals surface area contributed by atoms with Crippen molar-refractivity contribution in [3.63, 3.8) is 0 Å². The molecule has 92 valence electrons. The fraction of sp³-hybridized carbons (Fsp3) is 0.273. The number of rotatable bonds is 5. The first-order valence-electron chi connectivity index (χ1n) is 5.10. The van der Waals surface area contributed by atoms with E-state index in [-0.39, 0.29) is 18.9 Å². The molecule has 1 unspecified atom stereocenters. The van der Waals surface area contributed by atoms with Crippen LogP contribution >= 0.6 is 0 Å². The maximum Gasteiger partial charge on any atom is 0.320 e. The Balaban J connectivity index is 2.62. The van der Waals surface area contributed by atoms with Gasteiger partial charge >= 0.3 is 5.97 Å². The SMILES string of the molecule is NCC(=O)Nc1ccc(CC(N)C(=O)O)cc1. The molecule has 1 atom stereocenters. The number of amides is 1. The summed E-state index contributed by atoms with van der Waals surface area (Å²) in [6.07, 6.45) is 0.250. The van der Waals surface area contributed by atoms with Crippen LogP contribution in [-0.4, -0.2) is 29.6 Å². The molecule has 6 N–H and O–H groups in total. The van der Waals surface area contributed by atoms with Crippen LogP contribution in [0.3, 0.4) is 0 Å². The third-order valence-electron chi connectivity index (χ3n) is 2.20. The van der Waals surface area contributed by atoms with Crippen molar-refractivity contribution in [2.24, 2.45) is 11.5 Å². The highest BCUT2D eigenvalue weighted by Gasteiger charge is 2.11. The molecule has 6 nitrogen and oxygen atoms in total. The molecule has 0 bridgehead atoms. The number of carbonyl (C=O) groups is 2. The van der Waals surface area contributed by atoms with Crippen molar-refractivity contribution in [3.8, 4) is 0 Å². The van der Waals surface area contributed by atoms with Gasteiger partial charge in [-0.05, 0) is 24.1 Å². The third-order valence-corrected chi connectivity index (χ3v) is 2.20. The Hall–Kier alpha value is -1.92. The lowest BCUT2D eigenvalue weighted by Crippen LogP contribution is -2.32. The van der Waals surface area contributed by atoms with Gasteiger partial charge in [-0.25, -0.2) is 0 Å². The largest absolute Gasteiger partial charge is 0.480 e. The van der Waals surface area contributed by atoms with Gasteiger partial charge in [0.05, 0.1) is 6.54 Å². The quantitative estimate of drug-likeness (QED) is 0.552. The first-order chi connectivity index (χ1) is 8.02. The molecule has 0 radical (unpaired) electrons. The minimum absolute atomic E-state index is 0.0777. The predicted octanol–water partition coefficient (Wildman–Crippen LogP) is -0.462. The molecule has 0 saturated heterocycles. The van der Waals surface area contributed by atoms with Gasteiger partial charge in [-0.3, -0.25) is 9.59 Å². The van der Waals surface area contributed by atoms with Gasteiger partial charge in [0, 0.05) is 5.69 Å². The highest BCUT2D eigenvalue weighted by atomic mass is 16.4. The van der Waals surface area contributed by atoms with Gasteiger partial charge in [0.1, 0.15) is 6.04 Å². The molecule has 0 aromatic heterocycles. The zero-order valence-electron chi connectivity index (χ0n) is 9.22. The van der Waals surface area contributed by atoms with Gasteiger partial charge in [0.25, 0.3) is 0 Å². The van der Waals surface area contributed by atoms with E-state index in [1.54, 1.807) is 24.3 Å². The number of anilines is 1. The number of carboxylic acid groups (broad SMARTS) is 1. The first kappa shape index (κ1) is 13.1. The van der Waals surface area contributed by atoms with Crippen molar-refractivity contribution >= 4 is 17.6 Å². The molecule has 0 aliphatic heterocycles. The number of hydrogen-bond acceptors (Lipinski definition) is 4. The Morgan fingerprint density at radius 2 is 1.88 bits per heavy atom. The summed E-state index contributed by atoms with van der Waals surface area (Å²) in [6, 6.07) is 5.87. The molecule has 1 aromatic carbocycles. The lowest BCUT2D eigenvalue weighted by Gasteiger charge is -2.08. The van der Waals surface area contributed by atoms with Crippen molar-refractivity contribution in [2.75, 3.05) is 11.9 Å². The summed E-state index contributed by atoms with van der Waals surface area (Å²) in [4.78, 5) is 21.6. The van der Waals surface area contributed by atoms with E-state index in [4.69, 9.17) is 16.6 Å². The summed E-state index contributed by atoms with van der Waals surface area (Å²) >= 11 is 0. The molecule has 6 heteroatoms. The van der Waals surface area contributed by atoms with Crippen LogP contribution in [0.4, 0.5) is 5.69 Å². The Morgan fingerprint density at radius 1 is 1.29 bits per heavy atom. The first-order valence-corrected chi connectivity index (χ1v) is 5.10. The van der Waals surface area contributed by atoms with Crippen LogP contribution in [0.1, 0.15) is 5.56 Å². The van der Waals surface area contributed by atoms with E-state index in [2.05, 4.69) is 5.32 Å². The maximum absolute atomic E-state index is 11.0. The van der Waals surface area contributed by atoms with Gasteiger partial charge in [0.15, 0.2) is 0 Å². The van der Waals surface area contributed by atoms with E-state index in [0.29, 0.717) is 5.69 Å². The zero-order chi connectivity index (χ0) is 12.8. The van der Waals surface area contributed by atoms with Crippen molar-refractivity contribution in [1.29, 1.82) is 0 Å². The zero-order valence-corrected chi connectivity index (χ0v) is 9.22. The Kier molecular flexibility index (Phi) is 4.62. The summed E-state index contributed by atoms with van der Waals surface area (Å²) in [5.41, 5.74) is 12.0. The molecular weight excluding hydrogens is 222 g/mol. The fourth-order valence-corrected chi connectivity index (χ4v) is 1.28. The Bertz CT molecular complexity index is 403. The number of aliphatic carboxylic acids is 1. The van der Waals surface area contributed by atoms with E-state index < -0.39 is 12.0 Å². The minimum Gasteiger partial charge on any atom is -0.480 e. The summed E-state index contributed by atoms with van der Waals surface area (Å²) in [7, 11) is 0. The second-order valence-corrected chi connectivity index (χ2v) is 3.60. The molecule has 0 fully saturated rings. The Morgan fingerprint density at radius 3 is 2.35 bits per heavy atom. The van der Waals surface area contributed by atoms with E-state index in [0.717, 1.165) is 5.56 Å². The molecule has 0 heterocycles. The summed E-state index contributed by atoms with van der Waals surface area (Å²) in [6.45, 7) is -0.0777. The van der Waals surface area contributed by atoms with Crippen LogP contribution in [0, 0.1) is 0 Å². The second kappa shape index (κ2) is 5.97. The summed E-state index contributed by atoms with van der Waals surface area (Å²) < 4.78 is 0. The van der Waals surface area contributed by atoms with E-state index >= 15 is 0 Å². The van der Waals surface area contributed by atoms with Crippen LogP contribution < -0.4 is 16.8 Å². The molecule has 1 rings (SSSR count). The van der Waals surface area contributed by atoms with E-state index in [9.17, 15) is 9.59 Å². The monoisotopic (exact) mass is 237 g/mol. The lowest BCUT2D eigenvalue weighted by molar-refractivity contribution is -0.138. The standard InChI is InChI=1S/C11H15N3O3/c12-6-10(15)14-8-3-1-7(2-4-8)5-9(13)11(16)17/h1-4,9H,5-6,12-13H2,(H,14,15)(H,16,17). The van der Waals surface area contributed by atoms with E-state index in [1.165, 1.54) is 0 Å². The van der Waals surface area contributed by atoms with Crippen LogP contribution in [0.2, 0.25) is 0 Å². The van der Waals surface area contributed by atoms with Gasteiger partial charge in [-0.15, -0.1) is 0 Å². The molecule has 0 aliphatic rings. The normalized spacial score (nSPS) is 11.9. The fourth-order valence-electron chi connectivity index (χ4n) is 1.28. The highest BCUT2D eigenvalue weighted by Crippen LogP contribution is 2.10. The van der Waals surface area contributed by atoms with Gasteiger partial charge in [-0.1, -0.05) is 12.1 Å². The molecule has 1 amide bonds. The number of hydrogen-bond donors (Lipinski definition) is 4. The van der Waals surface area contributed by atoms with Crippen LogP contribution in [0.5, 0.6) is 0 Å². The van der Waals surface area contributed by atoms with Gasteiger partial charge in [-0.2, -0.15) is 0 Å². The van der Waals surface area contributed by atoms with E-state index in [1.807, 2.05) is 0 Å². The molecule has 0 spiro atoms. The average Bonchev–Trinajstić information content (AvgIpc) is 2.31. The predicted molar refractivity (Wildman–Crippen MR) is 63.4 cm³/mol. The third kappa shape index (κ3) is 4.21. The number of carboxylic acids is 1. The van der Waals surface area contributed by atoms with Crippen molar-refractivity contribution < 1.29 is 14.7 Å². The number of nitrogens with one attached hydrogen (secondary N) is 1. The average molecular weight is 237 g/mol. The van der Waals surface area contributed by atoms with Crippen molar-refractivity contribution in [1.82, 2.24) is 0 Å². The van der Waals surface area contributed by atoms with Crippen LogP contribution in [0.25, 0.3) is 0 Å². The summed E-state index contributed by atoms with van der Waals surface area (Å²) in [5, 5.41) is 11.2. The molecule has 0 saturated carbocycles. The highest BCUT2D eigenvalue weighted by molar-refractivity contribution is 5.92. The molecule has 1 aromatic rings. The topological polar surface area (TPSA) is 118 Å². The molecular formula is C11H15N3O3. The van der Waals surface area contributed by atoms with Crippen molar-refractivity contribution in [2.45, 2.75) is 12.5 Å². The van der Waals surface area contributed by atoms with Crippen molar-refractivity contribution in [3.05, 3.63) is 29.8 Å². The number of nitrogens with two attached hydrogens (primary N) is 2.